The van der Waals surface area contributed by atoms with Gasteiger partial charge < -0.3 is 9.47 Å². The Balaban J connectivity index is 1.98. The van der Waals surface area contributed by atoms with E-state index in [1.807, 2.05) is 24.3 Å². The average Bonchev–Trinajstić information content (AvgIpc) is 2.71. The summed E-state index contributed by atoms with van der Waals surface area (Å²) in [6.07, 6.45) is 19.4. The van der Waals surface area contributed by atoms with Gasteiger partial charge in [0.25, 0.3) is 0 Å². The molecule has 0 saturated carbocycles. The first kappa shape index (κ1) is 24.3. The lowest BCUT2D eigenvalue weighted by molar-refractivity contribution is -0.137. The number of carbonyl (C=O) groups is 1. The molecule has 0 heterocycles. The molecule has 28 heavy (non-hydrogen) atoms. The van der Waals surface area contributed by atoms with Crippen molar-refractivity contribution in [1.29, 1.82) is 0 Å². The predicted molar refractivity (Wildman–Crippen MR) is 119 cm³/mol. The van der Waals surface area contributed by atoms with E-state index in [1.54, 1.807) is 13.0 Å². The molecule has 0 unspecified atom stereocenters. The third-order valence-electron chi connectivity index (χ3n) is 4.85. The minimum Gasteiger partial charge on any atom is -0.494 e. The molecule has 0 N–H and O–H groups in total. The van der Waals surface area contributed by atoms with E-state index >= 15 is 0 Å². The number of ether oxygens (including phenoxy) is 2. The SMILES string of the molecule is CCCCCCCCCCCCCCOc1ccc(/C=C/C(=O)OCC)cc1. The van der Waals surface area contributed by atoms with Crippen LogP contribution in [0.15, 0.2) is 30.3 Å². The van der Waals surface area contributed by atoms with E-state index in [0.29, 0.717) is 6.61 Å². The maximum absolute atomic E-state index is 11.3. The molecule has 0 bridgehead atoms. The number of benzene rings is 1. The Morgan fingerprint density at radius 1 is 0.786 bits per heavy atom. The minimum atomic E-state index is -0.310. The zero-order valence-corrected chi connectivity index (χ0v) is 18.1. The molecule has 158 valence electrons. The van der Waals surface area contributed by atoms with Gasteiger partial charge in [-0.25, -0.2) is 4.79 Å². The number of unbranched alkanes of at least 4 members (excludes halogenated alkanes) is 11. The van der Waals surface area contributed by atoms with Crippen LogP contribution in [0.3, 0.4) is 0 Å². The molecule has 0 amide bonds. The minimum absolute atomic E-state index is 0.310. The highest BCUT2D eigenvalue weighted by molar-refractivity contribution is 5.87. The predicted octanol–water partition coefficient (Wildman–Crippen LogP) is 7.34. The van der Waals surface area contributed by atoms with Crippen molar-refractivity contribution in [1.82, 2.24) is 0 Å². The molecule has 0 aliphatic carbocycles. The van der Waals surface area contributed by atoms with E-state index < -0.39 is 0 Å². The summed E-state index contributed by atoms with van der Waals surface area (Å²) >= 11 is 0. The fourth-order valence-electron chi connectivity index (χ4n) is 3.16. The van der Waals surface area contributed by atoms with Gasteiger partial charge in [0.2, 0.25) is 0 Å². The molecule has 3 heteroatoms. The molecule has 1 rings (SSSR count). The van der Waals surface area contributed by atoms with Crippen molar-refractivity contribution in [2.24, 2.45) is 0 Å². The van der Waals surface area contributed by atoms with Crippen LogP contribution in [0.25, 0.3) is 6.08 Å². The van der Waals surface area contributed by atoms with E-state index in [2.05, 4.69) is 6.92 Å². The Kier molecular flexibility index (Phi) is 15.0. The van der Waals surface area contributed by atoms with Gasteiger partial charge in [0.1, 0.15) is 5.75 Å². The lowest BCUT2D eigenvalue weighted by atomic mass is 10.1. The molecule has 0 aromatic heterocycles. The Morgan fingerprint density at radius 2 is 1.32 bits per heavy atom. The van der Waals surface area contributed by atoms with Crippen molar-refractivity contribution in [2.75, 3.05) is 13.2 Å². The van der Waals surface area contributed by atoms with Crippen LogP contribution in [0.1, 0.15) is 96.5 Å². The number of rotatable bonds is 17. The fraction of sp³-hybridized carbons (Fsp3) is 0.640. The third kappa shape index (κ3) is 13.4. The highest BCUT2D eigenvalue weighted by Gasteiger charge is 1.97. The summed E-state index contributed by atoms with van der Waals surface area (Å²) in [5, 5.41) is 0. The molecule has 0 spiro atoms. The van der Waals surface area contributed by atoms with Crippen LogP contribution < -0.4 is 4.74 Å². The standard InChI is InChI=1S/C25H40O3/c1-3-5-6-7-8-9-10-11-12-13-14-15-22-28-24-19-16-23(17-20-24)18-21-25(26)27-4-2/h16-21H,3-15,22H2,1-2H3/b21-18+. The van der Waals surface area contributed by atoms with Gasteiger partial charge in [-0.3, -0.25) is 0 Å². The Labute approximate surface area is 172 Å². The van der Waals surface area contributed by atoms with Gasteiger partial charge in [0, 0.05) is 6.08 Å². The van der Waals surface area contributed by atoms with Crippen molar-refractivity contribution in [3.8, 4) is 5.75 Å². The van der Waals surface area contributed by atoms with Crippen molar-refractivity contribution in [2.45, 2.75) is 90.9 Å². The average molecular weight is 389 g/mol. The first-order valence-corrected chi connectivity index (χ1v) is 11.3. The Hall–Kier alpha value is -1.77. The van der Waals surface area contributed by atoms with Crippen LogP contribution in [0.5, 0.6) is 5.75 Å². The van der Waals surface area contributed by atoms with Crippen LogP contribution in [0.4, 0.5) is 0 Å². The van der Waals surface area contributed by atoms with Crippen LogP contribution in [-0.4, -0.2) is 19.2 Å². The van der Waals surface area contributed by atoms with Gasteiger partial charge in [-0.15, -0.1) is 0 Å². The first-order chi connectivity index (χ1) is 13.8. The van der Waals surface area contributed by atoms with Crippen LogP contribution in [0, 0.1) is 0 Å². The molecule has 0 saturated heterocycles. The van der Waals surface area contributed by atoms with E-state index in [-0.39, 0.29) is 5.97 Å². The first-order valence-electron chi connectivity index (χ1n) is 11.3. The summed E-state index contributed by atoms with van der Waals surface area (Å²) in [7, 11) is 0. The van der Waals surface area contributed by atoms with Crippen LogP contribution >= 0.6 is 0 Å². The van der Waals surface area contributed by atoms with Gasteiger partial charge >= 0.3 is 5.97 Å². The second-order valence-electron chi connectivity index (χ2n) is 7.39. The van der Waals surface area contributed by atoms with E-state index in [1.165, 1.54) is 76.7 Å². The number of hydrogen-bond acceptors (Lipinski definition) is 3. The molecule has 0 aliphatic rings. The lowest BCUT2D eigenvalue weighted by Gasteiger charge is -2.06. The molecule has 1 aromatic carbocycles. The molecular formula is C25H40O3. The molecular weight excluding hydrogens is 348 g/mol. The number of carbonyl (C=O) groups excluding carboxylic acids is 1. The monoisotopic (exact) mass is 388 g/mol. The van der Waals surface area contributed by atoms with Gasteiger partial charge in [-0.1, -0.05) is 89.7 Å². The second-order valence-corrected chi connectivity index (χ2v) is 7.39. The quantitative estimate of drug-likeness (QED) is 0.159. The maximum atomic E-state index is 11.3. The summed E-state index contributed by atoms with van der Waals surface area (Å²) < 4.78 is 10.7. The van der Waals surface area contributed by atoms with Crippen LogP contribution in [0.2, 0.25) is 0 Å². The summed E-state index contributed by atoms with van der Waals surface area (Å²) in [5.74, 6) is 0.575. The van der Waals surface area contributed by atoms with E-state index in [0.717, 1.165) is 24.3 Å². The highest BCUT2D eigenvalue weighted by atomic mass is 16.5. The molecule has 0 atom stereocenters. The third-order valence-corrected chi connectivity index (χ3v) is 4.85. The van der Waals surface area contributed by atoms with Gasteiger partial charge in [-0.05, 0) is 37.1 Å². The lowest BCUT2D eigenvalue weighted by Crippen LogP contribution is -1.98. The zero-order chi connectivity index (χ0) is 20.3. The van der Waals surface area contributed by atoms with E-state index in [9.17, 15) is 4.79 Å². The molecule has 0 aliphatic heterocycles. The largest absolute Gasteiger partial charge is 0.494 e. The van der Waals surface area contributed by atoms with Crippen molar-refractivity contribution >= 4 is 12.0 Å². The second kappa shape index (κ2) is 17.3. The van der Waals surface area contributed by atoms with Crippen molar-refractivity contribution in [3.05, 3.63) is 35.9 Å². The zero-order valence-electron chi connectivity index (χ0n) is 18.1. The molecule has 0 fully saturated rings. The Morgan fingerprint density at radius 3 is 1.86 bits per heavy atom. The summed E-state index contributed by atoms with van der Waals surface area (Å²) in [6, 6.07) is 7.80. The maximum Gasteiger partial charge on any atom is 0.330 e. The van der Waals surface area contributed by atoms with Crippen LogP contribution in [-0.2, 0) is 9.53 Å². The smallest absolute Gasteiger partial charge is 0.330 e. The van der Waals surface area contributed by atoms with Crippen molar-refractivity contribution < 1.29 is 14.3 Å². The molecule has 0 radical (unpaired) electrons. The van der Waals surface area contributed by atoms with Crippen molar-refractivity contribution in [3.63, 3.8) is 0 Å². The highest BCUT2D eigenvalue weighted by Crippen LogP contribution is 2.15. The fourth-order valence-corrected chi connectivity index (χ4v) is 3.16. The normalized spacial score (nSPS) is 11.1. The Bertz CT molecular complexity index is 519. The number of hydrogen-bond donors (Lipinski definition) is 0. The van der Waals surface area contributed by atoms with Gasteiger partial charge in [0.15, 0.2) is 0 Å². The van der Waals surface area contributed by atoms with Gasteiger partial charge in [-0.2, -0.15) is 0 Å². The number of esters is 1. The summed E-state index contributed by atoms with van der Waals surface area (Å²) in [5.41, 5.74) is 0.964. The molecule has 3 nitrogen and oxygen atoms in total. The topological polar surface area (TPSA) is 35.5 Å². The summed E-state index contributed by atoms with van der Waals surface area (Å²) in [4.78, 5) is 11.3. The van der Waals surface area contributed by atoms with E-state index in [4.69, 9.17) is 9.47 Å². The van der Waals surface area contributed by atoms with Gasteiger partial charge in [0.05, 0.1) is 13.2 Å². The molecule has 1 aromatic rings. The summed E-state index contributed by atoms with van der Waals surface area (Å²) in [6.45, 7) is 5.24.